The van der Waals surface area contributed by atoms with Crippen LogP contribution in [0.5, 0.6) is 0 Å². The molecule has 1 N–H and O–H groups in total. The molecule has 5 nitrogen and oxygen atoms in total. The van der Waals surface area contributed by atoms with E-state index in [2.05, 4.69) is 18.0 Å². The average molecular weight is 350 g/mol. The summed E-state index contributed by atoms with van der Waals surface area (Å²) in [6.45, 7) is 3.53. The fourth-order valence-corrected chi connectivity index (χ4v) is 3.75. The SMILES string of the molecule is CC1=C(CCO)c2cc(-c3cccc(N4CCOCC4=O)c3)cnc2C1. The van der Waals surface area contributed by atoms with Crippen LogP contribution in [-0.2, 0) is 16.0 Å². The molecule has 0 radical (unpaired) electrons. The van der Waals surface area contributed by atoms with Crippen molar-refractivity contribution in [1.82, 2.24) is 4.98 Å². The van der Waals surface area contributed by atoms with Crippen molar-refractivity contribution in [2.24, 2.45) is 0 Å². The molecule has 2 aliphatic rings. The van der Waals surface area contributed by atoms with Gasteiger partial charge in [-0.05, 0) is 42.7 Å². The lowest BCUT2D eigenvalue weighted by atomic mass is 10.00. The molecule has 0 spiro atoms. The van der Waals surface area contributed by atoms with Crippen LogP contribution >= 0.6 is 0 Å². The Labute approximate surface area is 152 Å². The molecule has 4 rings (SSSR count). The molecule has 2 heterocycles. The van der Waals surface area contributed by atoms with Crippen LogP contribution < -0.4 is 4.90 Å². The number of ether oxygens (including phenoxy) is 1. The van der Waals surface area contributed by atoms with E-state index in [1.165, 1.54) is 11.1 Å². The number of amides is 1. The maximum atomic E-state index is 12.1. The Hall–Kier alpha value is -2.50. The molecule has 1 aliphatic heterocycles. The Bertz CT molecular complexity index is 889. The van der Waals surface area contributed by atoms with Crippen molar-refractivity contribution in [2.45, 2.75) is 19.8 Å². The lowest BCUT2D eigenvalue weighted by Gasteiger charge is -2.27. The highest BCUT2D eigenvalue weighted by Crippen LogP contribution is 2.36. The number of morpholine rings is 1. The second kappa shape index (κ2) is 7.02. The molecule has 0 unspecified atom stereocenters. The van der Waals surface area contributed by atoms with Crippen LogP contribution in [-0.4, -0.2) is 42.4 Å². The van der Waals surface area contributed by atoms with Gasteiger partial charge in [0.05, 0.1) is 12.3 Å². The number of carbonyl (C=O) groups excluding carboxylic acids is 1. The molecule has 1 aromatic carbocycles. The lowest BCUT2D eigenvalue weighted by Crippen LogP contribution is -2.41. The minimum Gasteiger partial charge on any atom is -0.396 e. The zero-order chi connectivity index (χ0) is 18.1. The van der Waals surface area contributed by atoms with E-state index in [4.69, 9.17) is 4.74 Å². The number of allylic oxidation sites excluding steroid dienone is 1. The molecule has 0 bridgehead atoms. The van der Waals surface area contributed by atoms with Gasteiger partial charge in [0.15, 0.2) is 0 Å². The highest BCUT2D eigenvalue weighted by molar-refractivity contribution is 5.95. The Morgan fingerprint density at radius 2 is 2.15 bits per heavy atom. The lowest BCUT2D eigenvalue weighted by molar-refractivity contribution is -0.125. The van der Waals surface area contributed by atoms with Gasteiger partial charge in [0.2, 0.25) is 0 Å². The summed E-state index contributed by atoms with van der Waals surface area (Å²) in [5.41, 5.74) is 7.65. The van der Waals surface area contributed by atoms with Crippen LogP contribution in [0.25, 0.3) is 16.7 Å². The van der Waals surface area contributed by atoms with E-state index in [0.29, 0.717) is 19.6 Å². The standard InChI is InChI=1S/C21H22N2O3/c1-14-9-20-19(18(14)5-7-24)11-16(12-22-20)15-3-2-4-17(10-15)23-6-8-26-13-21(23)25/h2-4,10-12,24H,5-9,13H2,1H3. The number of hydrogen-bond acceptors (Lipinski definition) is 4. The van der Waals surface area contributed by atoms with Gasteiger partial charge in [-0.15, -0.1) is 0 Å². The first kappa shape index (κ1) is 16.9. The predicted octanol–water partition coefficient (Wildman–Crippen LogP) is 2.82. The zero-order valence-corrected chi connectivity index (χ0v) is 14.9. The molecule has 1 aromatic heterocycles. The van der Waals surface area contributed by atoms with Crippen molar-refractivity contribution >= 4 is 17.2 Å². The van der Waals surface area contributed by atoms with E-state index in [1.807, 2.05) is 30.5 Å². The number of aromatic nitrogens is 1. The third kappa shape index (κ3) is 3.04. The molecular formula is C21H22N2O3. The normalized spacial score (nSPS) is 17.0. The fourth-order valence-electron chi connectivity index (χ4n) is 3.75. The van der Waals surface area contributed by atoms with Crippen LogP contribution in [0.4, 0.5) is 5.69 Å². The first-order valence-electron chi connectivity index (χ1n) is 8.94. The monoisotopic (exact) mass is 350 g/mol. The summed E-state index contributed by atoms with van der Waals surface area (Å²) in [6, 6.07) is 10.1. The van der Waals surface area contributed by atoms with E-state index in [1.54, 1.807) is 4.90 Å². The van der Waals surface area contributed by atoms with Crippen molar-refractivity contribution in [1.29, 1.82) is 0 Å². The fraction of sp³-hybridized carbons (Fsp3) is 0.333. The number of fused-ring (bicyclic) bond motifs is 1. The number of pyridine rings is 1. The molecule has 0 atom stereocenters. The van der Waals surface area contributed by atoms with Crippen LogP contribution in [0, 0.1) is 0 Å². The quantitative estimate of drug-likeness (QED) is 0.921. The Balaban J connectivity index is 1.69. The molecule has 1 fully saturated rings. The molecular weight excluding hydrogens is 328 g/mol. The zero-order valence-electron chi connectivity index (χ0n) is 14.9. The van der Waals surface area contributed by atoms with Gasteiger partial charge in [0.25, 0.3) is 5.91 Å². The van der Waals surface area contributed by atoms with Gasteiger partial charge in [0, 0.05) is 42.6 Å². The molecule has 1 saturated heterocycles. The molecule has 0 saturated carbocycles. The van der Waals surface area contributed by atoms with Gasteiger partial charge in [-0.3, -0.25) is 9.78 Å². The van der Waals surface area contributed by atoms with Gasteiger partial charge >= 0.3 is 0 Å². The van der Waals surface area contributed by atoms with Crippen molar-refractivity contribution in [3.05, 3.63) is 53.4 Å². The smallest absolute Gasteiger partial charge is 0.253 e. The third-order valence-electron chi connectivity index (χ3n) is 5.08. The Morgan fingerprint density at radius 3 is 2.96 bits per heavy atom. The van der Waals surface area contributed by atoms with E-state index in [9.17, 15) is 9.90 Å². The molecule has 134 valence electrons. The summed E-state index contributed by atoms with van der Waals surface area (Å²) in [5, 5.41) is 9.36. The van der Waals surface area contributed by atoms with Gasteiger partial charge in [-0.1, -0.05) is 17.7 Å². The first-order valence-corrected chi connectivity index (χ1v) is 8.94. The molecule has 5 heteroatoms. The van der Waals surface area contributed by atoms with E-state index in [0.717, 1.165) is 34.5 Å². The van der Waals surface area contributed by atoms with Gasteiger partial charge in [-0.25, -0.2) is 0 Å². The van der Waals surface area contributed by atoms with Gasteiger partial charge in [0.1, 0.15) is 6.61 Å². The molecule has 1 amide bonds. The van der Waals surface area contributed by atoms with Crippen LogP contribution in [0.2, 0.25) is 0 Å². The van der Waals surface area contributed by atoms with Crippen molar-refractivity contribution in [3.63, 3.8) is 0 Å². The van der Waals surface area contributed by atoms with E-state index < -0.39 is 0 Å². The van der Waals surface area contributed by atoms with Gasteiger partial charge < -0.3 is 14.7 Å². The van der Waals surface area contributed by atoms with E-state index >= 15 is 0 Å². The number of hydrogen-bond donors (Lipinski definition) is 1. The van der Waals surface area contributed by atoms with Gasteiger partial charge in [-0.2, -0.15) is 0 Å². The molecule has 1 aliphatic carbocycles. The minimum absolute atomic E-state index is 0.00994. The minimum atomic E-state index is -0.00994. The molecule has 26 heavy (non-hydrogen) atoms. The first-order chi connectivity index (χ1) is 12.7. The van der Waals surface area contributed by atoms with Crippen molar-refractivity contribution in [3.8, 4) is 11.1 Å². The number of aliphatic hydroxyl groups is 1. The number of aliphatic hydroxyl groups excluding tert-OH is 1. The summed E-state index contributed by atoms with van der Waals surface area (Å²) in [7, 11) is 0. The topological polar surface area (TPSA) is 62.7 Å². The Kier molecular flexibility index (Phi) is 4.57. The number of nitrogens with zero attached hydrogens (tertiary/aromatic N) is 2. The largest absolute Gasteiger partial charge is 0.396 e. The highest BCUT2D eigenvalue weighted by Gasteiger charge is 2.22. The number of benzene rings is 1. The van der Waals surface area contributed by atoms with Crippen molar-refractivity contribution < 1.29 is 14.6 Å². The summed E-state index contributed by atoms with van der Waals surface area (Å²) in [6.07, 6.45) is 3.41. The summed E-state index contributed by atoms with van der Waals surface area (Å²) in [4.78, 5) is 18.5. The van der Waals surface area contributed by atoms with Crippen LogP contribution in [0.1, 0.15) is 24.6 Å². The predicted molar refractivity (Wildman–Crippen MR) is 101 cm³/mol. The number of rotatable bonds is 4. The molecule has 2 aromatic rings. The van der Waals surface area contributed by atoms with Crippen molar-refractivity contribution in [2.75, 3.05) is 31.3 Å². The Morgan fingerprint density at radius 1 is 1.27 bits per heavy atom. The summed E-state index contributed by atoms with van der Waals surface area (Å²) >= 11 is 0. The number of anilines is 1. The maximum absolute atomic E-state index is 12.1. The second-order valence-electron chi connectivity index (χ2n) is 6.78. The average Bonchev–Trinajstić information content (AvgIpc) is 2.97. The highest BCUT2D eigenvalue weighted by atomic mass is 16.5. The second-order valence-corrected chi connectivity index (χ2v) is 6.78. The van der Waals surface area contributed by atoms with Crippen LogP contribution in [0.15, 0.2) is 42.1 Å². The van der Waals surface area contributed by atoms with Crippen LogP contribution in [0.3, 0.4) is 0 Å². The third-order valence-corrected chi connectivity index (χ3v) is 5.08. The summed E-state index contributed by atoms with van der Waals surface area (Å²) < 4.78 is 5.22. The number of carbonyl (C=O) groups is 1. The van der Waals surface area contributed by atoms with E-state index in [-0.39, 0.29) is 19.1 Å². The maximum Gasteiger partial charge on any atom is 0.253 e. The summed E-state index contributed by atoms with van der Waals surface area (Å²) in [5.74, 6) is -0.00994.